The first-order chi connectivity index (χ1) is 10.5. The predicted octanol–water partition coefficient (Wildman–Crippen LogP) is 2.68. The molecule has 0 aromatic carbocycles. The number of methoxy groups -OCH3 is 1. The molecule has 0 saturated carbocycles. The van der Waals surface area contributed by atoms with Crippen molar-refractivity contribution in [2.75, 3.05) is 13.7 Å². The van der Waals surface area contributed by atoms with Crippen LogP contribution in [0.2, 0.25) is 0 Å². The lowest BCUT2D eigenvalue weighted by Crippen LogP contribution is -2.23. The number of aryl methyl sites for hydroxylation is 4. The summed E-state index contributed by atoms with van der Waals surface area (Å²) in [5.41, 5.74) is 3.21. The Morgan fingerprint density at radius 2 is 2.05 bits per heavy atom. The van der Waals surface area contributed by atoms with Crippen molar-refractivity contribution >= 4 is 0 Å². The second-order valence-electron chi connectivity index (χ2n) is 6.01. The van der Waals surface area contributed by atoms with Crippen molar-refractivity contribution < 1.29 is 9.15 Å². The molecule has 1 fully saturated rings. The van der Waals surface area contributed by atoms with E-state index in [1.165, 1.54) is 12.0 Å². The normalized spacial score (nSPS) is 19.0. The van der Waals surface area contributed by atoms with Gasteiger partial charge in [0, 0.05) is 13.1 Å². The summed E-state index contributed by atoms with van der Waals surface area (Å²) in [6.45, 7) is 7.77. The van der Waals surface area contributed by atoms with Gasteiger partial charge in [-0.1, -0.05) is 0 Å². The van der Waals surface area contributed by atoms with Crippen LogP contribution < -0.4 is 4.74 Å². The van der Waals surface area contributed by atoms with Crippen molar-refractivity contribution in [3.63, 3.8) is 0 Å². The van der Waals surface area contributed by atoms with Crippen molar-refractivity contribution in [3.05, 3.63) is 28.6 Å². The Kier molecular flexibility index (Phi) is 3.95. The summed E-state index contributed by atoms with van der Waals surface area (Å²) in [7, 11) is 3.63. The van der Waals surface area contributed by atoms with Gasteiger partial charge >= 0.3 is 0 Å². The molecule has 1 aliphatic heterocycles. The molecule has 120 valence electrons. The van der Waals surface area contributed by atoms with E-state index in [0.29, 0.717) is 6.04 Å². The molecule has 3 heterocycles. The van der Waals surface area contributed by atoms with Gasteiger partial charge in [-0.2, -0.15) is 5.10 Å². The summed E-state index contributed by atoms with van der Waals surface area (Å²) < 4.78 is 13.1. The number of likely N-dealkylation sites (tertiary alicyclic amines) is 1. The van der Waals surface area contributed by atoms with Gasteiger partial charge in [0.25, 0.3) is 0 Å². The second kappa shape index (κ2) is 5.76. The molecule has 6 nitrogen and oxygen atoms in total. The van der Waals surface area contributed by atoms with E-state index in [4.69, 9.17) is 9.15 Å². The third kappa shape index (κ3) is 2.52. The molecular weight excluding hydrogens is 280 g/mol. The van der Waals surface area contributed by atoms with Crippen molar-refractivity contribution in [3.8, 4) is 5.88 Å². The molecular formula is C16H24N4O2. The van der Waals surface area contributed by atoms with Gasteiger partial charge in [-0.25, -0.2) is 9.67 Å². The minimum atomic E-state index is 0.316. The Hall–Kier alpha value is -1.82. The Labute approximate surface area is 131 Å². The van der Waals surface area contributed by atoms with Crippen LogP contribution in [0.4, 0.5) is 0 Å². The molecule has 0 aliphatic carbocycles. The lowest BCUT2D eigenvalue weighted by Gasteiger charge is -2.23. The number of oxazole rings is 1. The van der Waals surface area contributed by atoms with E-state index in [1.807, 2.05) is 32.5 Å². The topological polar surface area (TPSA) is 56.3 Å². The zero-order valence-electron chi connectivity index (χ0n) is 14.0. The van der Waals surface area contributed by atoms with Crippen LogP contribution in [-0.2, 0) is 13.6 Å². The van der Waals surface area contributed by atoms with E-state index in [0.717, 1.165) is 48.4 Å². The summed E-state index contributed by atoms with van der Waals surface area (Å²) >= 11 is 0. The van der Waals surface area contributed by atoms with Gasteiger partial charge in [0.2, 0.25) is 11.8 Å². The maximum atomic E-state index is 5.75. The highest BCUT2D eigenvalue weighted by Crippen LogP contribution is 2.39. The summed E-state index contributed by atoms with van der Waals surface area (Å²) in [6.07, 6.45) is 2.28. The predicted molar refractivity (Wildman–Crippen MR) is 82.9 cm³/mol. The molecule has 0 spiro atoms. The Balaban J connectivity index is 1.87. The van der Waals surface area contributed by atoms with Crippen LogP contribution >= 0.6 is 0 Å². The van der Waals surface area contributed by atoms with Crippen molar-refractivity contribution in [1.29, 1.82) is 0 Å². The summed E-state index contributed by atoms with van der Waals surface area (Å²) in [5.74, 6) is 2.55. The average molecular weight is 304 g/mol. The fourth-order valence-corrected chi connectivity index (χ4v) is 3.40. The molecule has 22 heavy (non-hydrogen) atoms. The highest BCUT2D eigenvalue weighted by atomic mass is 16.5. The van der Waals surface area contributed by atoms with Gasteiger partial charge in [-0.05, 0) is 40.2 Å². The van der Waals surface area contributed by atoms with E-state index in [9.17, 15) is 0 Å². The summed E-state index contributed by atoms with van der Waals surface area (Å²) in [6, 6.07) is 0.316. The van der Waals surface area contributed by atoms with Gasteiger partial charge in [0.05, 0.1) is 30.6 Å². The highest BCUT2D eigenvalue weighted by Gasteiger charge is 2.33. The molecule has 0 unspecified atom stereocenters. The first-order valence-electron chi connectivity index (χ1n) is 7.75. The van der Waals surface area contributed by atoms with Crippen LogP contribution in [0, 0.1) is 20.8 Å². The monoisotopic (exact) mass is 304 g/mol. The van der Waals surface area contributed by atoms with Crippen molar-refractivity contribution in [2.45, 2.75) is 46.2 Å². The van der Waals surface area contributed by atoms with E-state index in [-0.39, 0.29) is 0 Å². The Morgan fingerprint density at radius 3 is 2.68 bits per heavy atom. The SMILES string of the molecule is COc1c([C@@H]2CCCN2Cc2nc(C)c(C)o2)c(C)nn1C. The minimum absolute atomic E-state index is 0.316. The summed E-state index contributed by atoms with van der Waals surface area (Å²) in [4.78, 5) is 6.93. The van der Waals surface area contributed by atoms with Gasteiger partial charge in [0.15, 0.2) is 0 Å². The number of ether oxygens (including phenoxy) is 1. The molecule has 2 aromatic heterocycles. The van der Waals surface area contributed by atoms with Gasteiger partial charge < -0.3 is 9.15 Å². The van der Waals surface area contributed by atoms with E-state index >= 15 is 0 Å². The standard InChI is InChI=1S/C16H24N4O2/c1-10-12(3)22-14(17-10)9-20-8-6-7-13(20)15-11(2)18-19(4)16(15)21-5/h13H,6-9H2,1-5H3/t13-/m0/s1. The average Bonchev–Trinajstić information content (AvgIpc) is 3.10. The molecule has 3 rings (SSSR count). The molecule has 0 N–H and O–H groups in total. The maximum Gasteiger partial charge on any atom is 0.216 e. The highest BCUT2D eigenvalue weighted by molar-refractivity contribution is 5.35. The number of rotatable bonds is 4. The summed E-state index contributed by atoms with van der Waals surface area (Å²) in [5, 5.41) is 4.51. The van der Waals surface area contributed by atoms with Crippen LogP contribution in [0.25, 0.3) is 0 Å². The lowest BCUT2D eigenvalue weighted by atomic mass is 10.1. The molecule has 6 heteroatoms. The van der Waals surface area contributed by atoms with Gasteiger partial charge in [0.1, 0.15) is 5.76 Å². The van der Waals surface area contributed by atoms with Crippen LogP contribution in [0.5, 0.6) is 5.88 Å². The third-order valence-corrected chi connectivity index (χ3v) is 4.52. The molecule has 1 saturated heterocycles. The minimum Gasteiger partial charge on any atom is -0.481 e. The fraction of sp³-hybridized carbons (Fsp3) is 0.625. The van der Waals surface area contributed by atoms with Crippen molar-refractivity contribution in [2.24, 2.45) is 7.05 Å². The maximum absolute atomic E-state index is 5.75. The zero-order valence-corrected chi connectivity index (χ0v) is 14.0. The Morgan fingerprint density at radius 1 is 1.27 bits per heavy atom. The fourth-order valence-electron chi connectivity index (χ4n) is 3.40. The van der Waals surface area contributed by atoms with Crippen LogP contribution in [0.3, 0.4) is 0 Å². The first-order valence-corrected chi connectivity index (χ1v) is 7.75. The van der Waals surface area contributed by atoms with Crippen LogP contribution in [-0.4, -0.2) is 33.3 Å². The van der Waals surface area contributed by atoms with Gasteiger partial charge in [-0.3, -0.25) is 4.90 Å². The first kappa shape index (κ1) is 15.1. The molecule has 1 atom stereocenters. The van der Waals surface area contributed by atoms with E-state index in [2.05, 4.69) is 15.0 Å². The molecule has 0 amide bonds. The van der Waals surface area contributed by atoms with Crippen LogP contribution in [0.1, 0.15) is 47.5 Å². The smallest absolute Gasteiger partial charge is 0.216 e. The molecule has 1 aliphatic rings. The van der Waals surface area contributed by atoms with E-state index in [1.54, 1.807) is 7.11 Å². The number of nitrogens with zero attached hydrogens (tertiary/aromatic N) is 4. The number of hydrogen-bond donors (Lipinski definition) is 0. The third-order valence-electron chi connectivity index (χ3n) is 4.52. The van der Waals surface area contributed by atoms with Crippen molar-refractivity contribution in [1.82, 2.24) is 19.7 Å². The lowest BCUT2D eigenvalue weighted by molar-refractivity contribution is 0.217. The van der Waals surface area contributed by atoms with E-state index < -0.39 is 0 Å². The quantitative estimate of drug-likeness (QED) is 0.869. The molecule has 0 bridgehead atoms. The Bertz CT molecular complexity index is 654. The molecule has 0 radical (unpaired) electrons. The number of aromatic nitrogens is 3. The second-order valence-corrected chi connectivity index (χ2v) is 6.01. The van der Waals surface area contributed by atoms with Crippen LogP contribution in [0.15, 0.2) is 4.42 Å². The number of hydrogen-bond acceptors (Lipinski definition) is 5. The zero-order chi connectivity index (χ0) is 15.9. The largest absolute Gasteiger partial charge is 0.481 e. The van der Waals surface area contributed by atoms with Gasteiger partial charge in [-0.15, -0.1) is 0 Å². The molecule has 2 aromatic rings.